The van der Waals surface area contributed by atoms with Gasteiger partial charge in [0.1, 0.15) is 10.5 Å². The fraction of sp³-hybridized carbons (Fsp3) is 0.600. The first-order valence-electron chi connectivity index (χ1n) is 5.69. The van der Waals surface area contributed by atoms with Gasteiger partial charge >= 0.3 is 12.0 Å². The van der Waals surface area contributed by atoms with Crippen molar-refractivity contribution in [3.8, 4) is 0 Å². The normalized spacial score (nSPS) is 23.1. The highest BCUT2D eigenvalue weighted by Gasteiger charge is 2.48. The van der Waals surface area contributed by atoms with E-state index in [9.17, 15) is 14.7 Å². The number of rotatable bonds is 3. The van der Waals surface area contributed by atoms with Gasteiger partial charge in [-0.2, -0.15) is 0 Å². The Morgan fingerprint density at radius 2 is 2.44 bits per heavy atom. The van der Waals surface area contributed by atoms with Crippen molar-refractivity contribution in [3.05, 3.63) is 6.20 Å². The van der Waals surface area contributed by atoms with E-state index in [-0.39, 0.29) is 0 Å². The Bertz CT molecular complexity index is 450. The average molecular weight is 270 g/mol. The Hall–Kier alpha value is -1.70. The summed E-state index contributed by atoms with van der Waals surface area (Å²) in [6.07, 6.45) is 3.03. The quantitative estimate of drug-likeness (QED) is 0.865. The molecule has 2 amide bonds. The van der Waals surface area contributed by atoms with E-state index in [4.69, 9.17) is 0 Å². The Morgan fingerprint density at radius 1 is 1.67 bits per heavy atom. The highest BCUT2D eigenvalue weighted by molar-refractivity contribution is 7.10. The molecule has 98 valence electrons. The highest BCUT2D eigenvalue weighted by atomic mass is 32.1. The Morgan fingerprint density at radius 3 is 3.00 bits per heavy atom. The molecule has 1 aromatic heterocycles. The van der Waals surface area contributed by atoms with E-state index in [2.05, 4.69) is 14.9 Å². The summed E-state index contributed by atoms with van der Waals surface area (Å²) in [7, 11) is 0. The number of urea groups is 1. The molecule has 1 fully saturated rings. The summed E-state index contributed by atoms with van der Waals surface area (Å²) in [6.45, 7) is 2.24. The fourth-order valence-corrected chi connectivity index (χ4v) is 2.72. The number of carboxylic acids is 1. The molecule has 0 radical (unpaired) electrons. The van der Waals surface area contributed by atoms with Gasteiger partial charge in [0, 0.05) is 18.1 Å². The van der Waals surface area contributed by atoms with Gasteiger partial charge < -0.3 is 10.0 Å². The van der Waals surface area contributed by atoms with Crippen molar-refractivity contribution < 1.29 is 14.7 Å². The number of amides is 2. The number of likely N-dealkylation sites (tertiary alicyclic amines) is 1. The van der Waals surface area contributed by atoms with Gasteiger partial charge in [-0.3, -0.25) is 5.32 Å². The maximum Gasteiger partial charge on any atom is 0.329 e. The molecule has 2 heterocycles. The highest BCUT2D eigenvalue weighted by Crippen LogP contribution is 2.33. The molecule has 0 aromatic carbocycles. The van der Waals surface area contributed by atoms with Crippen LogP contribution in [0, 0.1) is 0 Å². The molecule has 0 spiro atoms. The topological polar surface area (TPSA) is 95.4 Å². The molecule has 7 nitrogen and oxygen atoms in total. The first kappa shape index (κ1) is 12.7. The van der Waals surface area contributed by atoms with Crippen LogP contribution in [0.1, 0.15) is 26.2 Å². The summed E-state index contributed by atoms with van der Waals surface area (Å²) in [6, 6.07) is -0.400. The molecule has 2 rings (SSSR count). The summed E-state index contributed by atoms with van der Waals surface area (Å²) < 4.78 is 3.64. The number of aromatic nitrogens is 2. The molecule has 1 unspecified atom stereocenters. The van der Waals surface area contributed by atoms with Gasteiger partial charge in [0.05, 0.1) is 6.20 Å². The Balaban J connectivity index is 2.16. The molecule has 18 heavy (non-hydrogen) atoms. The second-order valence-electron chi connectivity index (χ2n) is 4.16. The molecule has 1 aliphatic rings. The third-order valence-corrected chi connectivity index (χ3v) is 3.89. The zero-order valence-corrected chi connectivity index (χ0v) is 10.7. The zero-order chi connectivity index (χ0) is 13.2. The number of nitrogens with one attached hydrogen (secondary N) is 1. The number of carbonyl (C=O) groups excluding carboxylic acids is 1. The summed E-state index contributed by atoms with van der Waals surface area (Å²) in [5.74, 6) is -0.944. The van der Waals surface area contributed by atoms with Crippen molar-refractivity contribution in [2.45, 2.75) is 31.7 Å². The maximum atomic E-state index is 12.1. The van der Waals surface area contributed by atoms with Crippen molar-refractivity contribution in [1.29, 1.82) is 0 Å². The summed E-state index contributed by atoms with van der Waals surface area (Å²) in [5, 5.41) is 16.1. The number of carbonyl (C=O) groups is 2. The minimum absolute atomic E-state index is 0.399. The average Bonchev–Trinajstić information content (AvgIpc) is 2.96. The van der Waals surface area contributed by atoms with Crippen LogP contribution in [-0.4, -0.2) is 43.7 Å². The van der Waals surface area contributed by atoms with Crippen LogP contribution in [-0.2, 0) is 4.79 Å². The number of carboxylic acid groups (broad SMARTS) is 1. The predicted molar refractivity (Wildman–Crippen MR) is 65.5 cm³/mol. The Labute approximate surface area is 108 Å². The molecule has 0 bridgehead atoms. The first-order valence-corrected chi connectivity index (χ1v) is 6.47. The molecular formula is C10H14N4O3S. The number of anilines is 1. The summed E-state index contributed by atoms with van der Waals surface area (Å²) in [4.78, 5) is 24.9. The van der Waals surface area contributed by atoms with Crippen molar-refractivity contribution in [1.82, 2.24) is 14.5 Å². The lowest BCUT2D eigenvalue weighted by molar-refractivity contribution is -0.148. The largest absolute Gasteiger partial charge is 0.479 e. The van der Waals surface area contributed by atoms with E-state index in [1.165, 1.54) is 11.1 Å². The molecule has 1 saturated heterocycles. The van der Waals surface area contributed by atoms with Crippen LogP contribution >= 0.6 is 11.5 Å². The minimum Gasteiger partial charge on any atom is -0.479 e. The second-order valence-corrected chi connectivity index (χ2v) is 4.94. The van der Waals surface area contributed by atoms with Crippen molar-refractivity contribution >= 4 is 28.5 Å². The van der Waals surface area contributed by atoms with E-state index in [0.29, 0.717) is 30.8 Å². The van der Waals surface area contributed by atoms with Gasteiger partial charge in [-0.1, -0.05) is 11.4 Å². The molecule has 0 aliphatic carbocycles. The van der Waals surface area contributed by atoms with Gasteiger partial charge in [0.15, 0.2) is 0 Å². The molecule has 0 saturated carbocycles. The third kappa shape index (κ3) is 2.03. The lowest BCUT2D eigenvalue weighted by Crippen LogP contribution is -2.53. The third-order valence-electron chi connectivity index (χ3n) is 3.31. The van der Waals surface area contributed by atoms with Crippen LogP contribution < -0.4 is 5.32 Å². The molecule has 1 aliphatic heterocycles. The number of hydrogen-bond acceptors (Lipinski definition) is 5. The predicted octanol–water partition coefficient (Wildman–Crippen LogP) is 1.40. The summed E-state index contributed by atoms with van der Waals surface area (Å²) >= 11 is 1.06. The Kier molecular flexibility index (Phi) is 3.46. The van der Waals surface area contributed by atoms with Crippen LogP contribution in [0.4, 0.5) is 9.80 Å². The molecular weight excluding hydrogens is 256 g/mol. The van der Waals surface area contributed by atoms with Crippen LogP contribution in [0.3, 0.4) is 0 Å². The second kappa shape index (κ2) is 4.89. The lowest BCUT2D eigenvalue weighted by atomic mass is 9.93. The smallest absolute Gasteiger partial charge is 0.329 e. The lowest BCUT2D eigenvalue weighted by Gasteiger charge is -2.33. The van der Waals surface area contributed by atoms with Crippen LogP contribution in [0.15, 0.2) is 6.20 Å². The van der Waals surface area contributed by atoms with Crippen molar-refractivity contribution in [3.63, 3.8) is 0 Å². The molecule has 1 aromatic rings. The minimum atomic E-state index is -1.08. The van der Waals surface area contributed by atoms with E-state index >= 15 is 0 Å². The summed E-state index contributed by atoms with van der Waals surface area (Å²) in [5.41, 5.74) is -1.08. The SMILES string of the molecule is CCC1(C(=O)O)CCCN1C(=O)Nc1cnns1. The van der Waals surface area contributed by atoms with Gasteiger partial charge in [0.2, 0.25) is 0 Å². The van der Waals surface area contributed by atoms with E-state index < -0.39 is 17.5 Å². The monoisotopic (exact) mass is 270 g/mol. The number of hydrogen-bond donors (Lipinski definition) is 2. The zero-order valence-electron chi connectivity index (χ0n) is 9.92. The number of aliphatic carboxylic acids is 1. The van der Waals surface area contributed by atoms with Crippen molar-refractivity contribution in [2.75, 3.05) is 11.9 Å². The maximum absolute atomic E-state index is 12.1. The fourth-order valence-electron chi connectivity index (χ4n) is 2.31. The van der Waals surface area contributed by atoms with Crippen LogP contribution in [0.25, 0.3) is 0 Å². The standard InChI is InChI=1S/C10H14N4O3S/c1-2-10(8(15)16)4-3-5-14(10)9(17)12-7-6-11-13-18-7/h6H,2-5H2,1H3,(H,12,17)(H,15,16). The van der Waals surface area contributed by atoms with Gasteiger partial charge in [-0.15, -0.1) is 5.10 Å². The van der Waals surface area contributed by atoms with Crippen molar-refractivity contribution in [2.24, 2.45) is 0 Å². The molecule has 8 heteroatoms. The van der Waals surface area contributed by atoms with Gasteiger partial charge in [0.25, 0.3) is 0 Å². The van der Waals surface area contributed by atoms with E-state index in [1.807, 2.05) is 0 Å². The van der Waals surface area contributed by atoms with Crippen LogP contribution in [0.2, 0.25) is 0 Å². The first-order chi connectivity index (χ1) is 8.60. The molecule has 1 atom stereocenters. The van der Waals surface area contributed by atoms with E-state index in [1.54, 1.807) is 6.92 Å². The van der Waals surface area contributed by atoms with E-state index in [0.717, 1.165) is 11.5 Å². The van der Waals surface area contributed by atoms with Crippen LogP contribution in [0.5, 0.6) is 0 Å². The molecule has 2 N–H and O–H groups in total. The van der Waals surface area contributed by atoms with Gasteiger partial charge in [-0.25, -0.2) is 9.59 Å². The van der Waals surface area contributed by atoms with Gasteiger partial charge in [-0.05, 0) is 19.3 Å². The number of nitrogens with zero attached hydrogens (tertiary/aromatic N) is 3.